The standard InChI is InChI=1S/C14H19BrN2S2/c15-13-6-5-11(19-13)7-8-16-14-17-12-4-2-1-3-10(12)9-18-14/h5-6,10,12H,1-4,7-9H2,(H,16,17). The molecule has 2 heterocycles. The van der Waals surface area contributed by atoms with Gasteiger partial charge in [-0.15, -0.1) is 11.3 Å². The highest BCUT2D eigenvalue weighted by Crippen LogP contribution is 2.31. The molecule has 1 saturated heterocycles. The Morgan fingerprint density at radius 2 is 2.21 bits per heavy atom. The van der Waals surface area contributed by atoms with Crippen LogP contribution in [-0.2, 0) is 6.42 Å². The van der Waals surface area contributed by atoms with Crippen LogP contribution in [0.5, 0.6) is 0 Å². The number of nitrogens with one attached hydrogen (secondary N) is 1. The third-order valence-electron chi connectivity index (χ3n) is 3.89. The van der Waals surface area contributed by atoms with E-state index in [0.29, 0.717) is 6.04 Å². The van der Waals surface area contributed by atoms with E-state index < -0.39 is 0 Å². The van der Waals surface area contributed by atoms with Crippen molar-refractivity contribution in [2.75, 3.05) is 12.3 Å². The van der Waals surface area contributed by atoms with Gasteiger partial charge in [-0.2, -0.15) is 0 Å². The maximum atomic E-state index is 4.74. The van der Waals surface area contributed by atoms with Crippen molar-refractivity contribution in [2.24, 2.45) is 10.9 Å². The van der Waals surface area contributed by atoms with E-state index in [4.69, 9.17) is 4.99 Å². The molecule has 3 rings (SSSR count). The van der Waals surface area contributed by atoms with E-state index >= 15 is 0 Å². The van der Waals surface area contributed by atoms with E-state index in [-0.39, 0.29) is 0 Å². The van der Waals surface area contributed by atoms with Gasteiger partial charge >= 0.3 is 0 Å². The Labute approximate surface area is 131 Å². The number of amidine groups is 1. The smallest absolute Gasteiger partial charge is 0.156 e. The number of hydrogen-bond donors (Lipinski definition) is 1. The molecule has 0 amide bonds. The molecule has 2 nitrogen and oxygen atoms in total. The Bertz CT molecular complexity index is 458. The van der Waals surface area contributed by atoms with E-state index in [1.165, 1.54) is 45.3 Å². The first-order valence-electron chi connectivity index (χ1n) is 6.99. The van der Waals surface area contributed by atoms with Crippen LogP contribution >= 0.6 is 39.0 Å². The van der Waals surface area contributed by atoms with E-state index in [1.807, 2.05) is 23.1 Å². The predicted octanol–water partition coefficient (Wildman–Crippen LogP) is 4.30. The van der Waals surface area contributed by atoms with E-state index in [1.54, 1.807) is 0 Å². The van der Waals surface area contributed by atoms with Crippen molar-refractivity contribution in [3.05, 3.63) is 20.8 Å². The molecule has 0 bridgehead atoms. The molecule has 0 radical (unpaired) electrons. The summed E-state index contributed by atoms with van der Waals surface area (Å²) in [5, 5.41) is 4.83. The van der Waals surface area contributed by atoms with Gasteiger partial charge < -0.3 is 5.32 Å². The number of aliphatic imine (C=N–C) groups is 1. The van der Waals surface area contributed by atoms with Gasteiger partial charge in [0, 0.05) is 29.6 Å². The number of hydrogen-bond acceptors (Lipinski definition) is 3. The zero-order valence-corrected chi connectivity index (χ0v) is 14.1. The van der Waals surface area contributed by atoms with Gasteiger partial charge in [-0.1, -0.05) is 24.6 Å². The summed E-state index contributed by atoms with van der Waals surface area (Å²) >= 11 is 7.24. The summed E-state index contributed by atoms with van der Waals surface area (Å²) in [6, 6.07) is 5.01. The Morgan fingerprint density at radius 3 is 3.05 bits per heavy atom. The van der Waals surface area contributed by atoms with Gasteiger partial charge in [0.15, 0.2) is 5.17 Å². The second kappa shape index (κ2) is 6.64. The monoisotopic (exact) mass is 358 g/mol. The minimum Gasteiger partial charge on any atom is -0.362 e. The fourth-order valence-corrected chi connectivity index (χ4v) is 5.49. The van der Waals surface area contributed by atoms with E-state index in [2.05, 4.69) is 33.4 Å². The minimum atomic E-state index is 0.699. The molecular weight excluding hydrogens is 340 g/mol. The quantitative estimate of drug-likeness (QED) is 0.870. The number of rotatable bonds is 3. The predicted molar refractivity (Wildman–Crippen MR) is 89.4 cm³/mol. The van der Waals surface area contributed by atoms with Gasteiger partial charge in [-0.3, -0.25) is 4.99 Å². The highest BCUT2D eigenvalue weighted by molar-refractivity contribution is 9.11. The zero-order valence-electron chi connectivity index (χ0n) is 10.9. The van der Waals surface area contributed by atoms with Crippen LogP contribution in [0, 0.1) is 5.92 Å². The first kappa shape index (κ1) is 14.0. The second-order valence-corrected chi connectivity index (χ2v) is 8.81. The molecule has 104 valence electrons. The summed E-state index contributed by atoms with van der Waals surface area (Å²) < 4.78 is 1.21. The Kier molecular flexibility index (Phi) is 4.87. The minimum absolute atomic E-state index is 0.699. The molecule has 2 fully saturated rings. The second-order valence-electron chi connectivity index (χ2n) is 5.25. The van der Waals surface area contributed by atoms with Gasteiger partial charge in [-0.05, 0) is 46.8 Å². The van der Waals surface area contributed by atoms with Crippen molar-refractivity contribution in [2.45, 2.75) is 38.1 Å². The number of thioether (sulfide) groups is 1. The van der Waals surface area contributed by atoms with E-state index in [9.17, 15) is 0 Å². The van der Waals surface area contributed by atoms with Crippen LogP contribution < -0.4 is 5.32 Å². The summed E-state index contributed by atoms with van der Waals surface area (Å²) in [4.78, 5) is 6.15. The molecule has 1 aliphatic heterocycles. The lowest BCUT2D eigenvalue weighted by Gasteiger charge is -2.36. The Hall–Kier alpha value is -0.0000000000000000833. The molecule has 1 saturated carbocycles. The number of halogens is 1. The average molecular weight is 359 g/mol. The summed E-state index contributed by atoms with van der Waals surface area (Å²) in [7, 11) is 0. The fraction of sp³-hybridized carbons (Fsp3) is 0.643. The molecular formula is C14H19BrN2S2. The van der Waals surface area contributed by atoms with Crippen LogP contribution in [0.4, 0.5) is 0 Å². The van der Waals surface area contributed by atoms with Crippen LogP contribution in [0.2, 0.25) is 0 Å². The zero-order chi connectivity index (χ0) is 13.1. The maximum absolute atomic E-state index is 4.74. The molecule has 2 atom stereocenters. The van der Waals surface area contributed by atoms with Crippen molar-refractivity contribution in [3.8, 4) is 0 Å². The van der Waals surface area contributed by atoms with Crippen molar-refractivity contribution in [3.63, 3.8) is 0 Å². The first-order chi connectivity index (χ1) is 9.31. The lowest BCUT2D eigenvalue weighted by Crippen LogP contribution is -2.46. The molecule has 1 N–H and O–H groups in total. The van der Waals surface area contributed by atoms with Gasteiger partial charge in [0.1, 0.15) is 0 Å². The highest BCUT2D eigenvalue weighted by Gasteiger charge is 2.29. The van der Waals surface area contributed by atoms with Crippen LogP contribution in [0.3, 0.4) is 0 Å². The molecule has 19 heavy (non-hydrogen) atoms. The van der Waals surface area contributed by atoms with Crippen LogP contribution in [0.25, 0.3) is 0 Å². The topological polar surface area (TPSA) is 24.4 Å². The average Bonchev–Trinajstić information content (AvgIpc) is 2.84. The molecule has 5 heteroatoms. The number of nitrogens with zero attached hydrogens (tertiary/aromatic N) is 1. The molecule has 1 aromatic heterocycles. The number of fused-ring (bicyclic) bond motifs is 1. The summed E-state index contributed by atoms with van der Waals surface area (Å²) in [6.45, 7) is 0.902. The molecule has 1 aromatic rings. The lowest BCUT2D eigenvalue weighted by molar-refractivity contribution is 0.311. The largest absolute Gasteiger partial charge is 0.362 e. The third-order valence-corrected chi connectivity index (χ3v) is 6.69. The third kappa shape index (κ3) is 3.76. The molecule has 2 unspecified atom stereocenters. The summed E-state index contributed by atoms with van der Waals surface area (Å²) in [5.74, 6) is 2.15. The number of thiophene rings is 1. The lowest BCUT2D eigenvalue weighted by atomic mass is 9.86. The Morgan fingerprint density at radius 1 is 1.32 bits per heavy atom. The van der Waals surface area contributed by atoms with Crippen molar-refractivity contribution >= 4 is 44.2 Å². The molecule has 0 aromatic carbocycles. The van der Waals surface area contributed by atoms with Gasteiger partial charge in [0.25, 0.3) is 0 Å². The van der Waals surface area contributed by atoms with Crippen molar-refractivity contribution in [1.29, 1.82) is 0 Å². The summed E-state index contributed by atoms with van der Waals surface area (Å²) in [5.41, 5.74) is 0. The van der Waals surface area contributed by atoms with Gasteiger partial charge in [-0.25, -0.2) is 0 Å². The van der Waals surface area contributed by atoms with Gasteiger partial charge in [0.05, 0.1) is 3.79 Å². The molecule has 1 aliphatic carbocycles. The van der Waals surface area contributed by atoms with Crippen LogP contribution in [-0.4, -0.2) is 23.5 Å². The highest BCUT2D eigenvalue weighted by atomic mass is 79.9. The molecule has 0 spiro atoms. The maximum Gasteiger partial charge on any atom is 0.156 e. The summed E-state index contributed by atoms with van der Waals surface area (Å²) in [6.07, 6.45) is 6.60. The normalized spacial score (nSPS) is 29.0. The van der Waals surface area contributed by atoms with Gasteiger partial charge in [0.2, 0.25) is 0 Å². The Balaban J connectivity index is 1.50. The van der Waals surface area contributed by atoms with Crippen LogP contribution in [0.1, 0.15) is 30.6 Å². The SMILES string of the molecule is Brc1ccc(CCN=C2NC3CCCCC3CS2)s1. The van der Waals surface area contributed by atoms with Crippen molar-refractivity contribution in [1.82, 2.24) is 5.32 Å². The van der Waals surface area contributed by atoms with Crippen LogP contribution in [0.15, 0.2) is 20.9 Å². The van der Waals surface area contributed by atoms with E-state index in [0.717, 1.165) is 18.9 Å². The van der Waals surface area contributed by atoms with Crippen molar-refractivity contribution < 1.29 is 0 Å². The molecule has 2 aliphatic rings. The first-order valence-corrected chi connectivity index (χ1v) is 9.59. The fourth-order valence-electron chi connectivity index (χ4n) is 2.83.